The van der Waals surface area contributed by atoms with Crippen LogP contribution in [0, 0.1) is 17.8 Å². The van der Waals surface area contributed by atoms with E-state index in [1.807, 2.05) is 25.1 Å². The van der Waals surface area contributed by atoms with Gasteiger partial charge in [-0.15, -0.1) is 0 Å². The maximum absolute atomic E-state index is 13.8. The lowest BCUT2D eigenvalue weighted by molar-refractivity contribution is -0.118. The molecule has 7 rings (SSSR count). The number of hydrogen-bond acceptors (Lipinski definition) is 4. The number of rotatable bonds is 8. The van der Waals surface area contributed by atoms with Gasteiger partial charge in [-0.05, 0) is 61.8 Å². The minimum absolute atomic E-state index is 0.0254. The molecule has 0 saturated heterocycles. The predicted octanol–water partition coefficient (Wildman–Crippen LogP) is 2.77. The van der Waals surface area contributed by atoms with Crippen molar-refractivity contribution in [2.45, 2.75) is 76.9 Å². The van der Waals surface area contributed by atoms with Crippen molar-refractivity contribution in [3.05, 3.63) is 62.6 Å². The lowest BCUT2D eigenvalue weighted by atomic mass is 9.69. The van der Waals surface area contributed by atoms with E-state index in [-0.39, 0.29) is 23.9 Å². The van der Waals surface area contributed by atoms with E-state index in [2.05, 4.69) is 16.7 Å². The van der Waals surface area contributed by atoms with Gasteiger partial charge in [-0.25, -0.2) is 9.78 Å². The third-order valence-corrected chi connectivity index (χ3v) is 8.73. The number of primary amides is 1. The SMILES string of the molecule is CCCn1c(=O)c2c(nc(C34CC5CC(C3)C(C5)C4)n2Cc2ccccc2)n(CCC(N)=O)c1=O. The van der Waals surface area contributed by atoms with E-state index in [1.165, 1.54) is 22.0 Å². The highest BCUT2D eigenvalue weighted by Gasteiger charge is 2.58. The summed E-state index contributed by atoms with van der Waals surface area (Å²) >= 11 is 0. The Morgan fingerprint density at radius 1 is 1.03 bits per heavy atom. The van der Waals surface area contributed by atoms with Crippen LogP contribution in [-0.2, 0) is 29.8 Å². The summed E-state index contributed by atoms with van der Waals surface area (Å²) in [7, 11) is 0. The Morgan fingerprint density at radius 2 is 1.74 bits per heavy atom. The van der Waals surface area contributed by atoms with Gasteiger partial charge in [0.25, 0.3) is 5.56 Å². The molecule has 4 fully saturated rings. The topological polar surface area (TPSA) is 105 Å². The molecule has 4 bridgehead atoms. The monoisotopic (exact) mass is 475 g/mol. The van der Waals surface area contributed by atoms with E-state index in [4.69, 9.17) is 10.7 Å². The fraction of sp³-hybridized carbons (Fsp3) is 0.556. The minimum Gasteiger partial charge on any atom is -0.370 e. The van der Waals surface area contributed by atoms with Crippen LogP contribution in [0.1, 0.15) is 63.3 Å². The molecule has 3 aromatic rings. The van der Waals surface area contributed by atoms with Crippen LogP contribution in [0.4, 0.5) is 0 Å². The molecule has 2 aromatic heterocycles. The van der Waals surface area contributed by atoms with Crippen molar-refractivity contribution in [2.75, 3.05) is 0 Å². The summed E-state index contributed by atoms with van der Waals surface area (Å²) in [5.74, 6) is 2.69. The number of fused-ring (bicyclic) bond motifs is 1. The van der Waals surface area contributed by atoms with Gasteiger partial charge in [0.2, 0.25) is 5.91 Å². The Bertz CT molecular complexity index is 1400. The molecule has 184 valence electrons. The summed E-state index contributed by atoms with van der Waals surface area (Å²) in [4.78, 5) is 43.9. The molecule has 1 aromatic carbocycles. The molecule has 8 heteroatoms. The summed E-state index contributed by atoms with van der Waals surface area (Å²) in [6.45, 7) is 2.93. The molecule has 35 heavy (non-hydrogen) atoms. The molecular weight excluding hydrogens is 442 g/mol. The van der Waals surface area contributed by atoms with Gasteiger partial charge in [0.05, 0.1) is 0 Å². The van der Waals surface area contributed by atoms with Crippen LogP contribution < -0.4 is 17.0 Å². The highest BCUT2D eigenvalue weighted by Crippen LogP contribution is 2.64. The molecular formula is C27H33N5O3. The van der Waals surface area contributed by atoms with Crippen molar-refractivity contribution in [1.29, 1.82) is 0 Å². The summed E-state index contributed by atoms with van der Waals surface area (Å²) < 4.78 is 4.92. The fourth-order valence-electron chi connectivity index (χ4n) is 7.54. The van der Waals surface area contributed by atoms with Crippen LogP contribution in [0.25, 0.3) is 11.2 Å². The molecule has 2 atom stereocenters. The molecule has 0 aliphatic heterocycles. The van der Waals surface area contributed by atoms with Gasteiger partial charge in [0, 0.05) is 31.5 Å². The van der Waals surface area contributed by atoms with Gasteiger partial charge in [-0.1, -0.05) is 37.3 Å². The van der Waals surface area contributed by atoms with E-state index < -0.39 is 11.6 Å². The van der Waals surface area contributed by atoms with Crippen LogP contribution in [0.15, 0.2) is 39.9 Å². The highest BCUT2D eigenvalue weighted by molar-refractivity contribution is 5.75. The number of nitrogens with two attached hydrogens (primary N) is 1. The summed E-state index contributed by atoms with van der Waals surface area (Å²) in [6.07, 6.45) is 6.65. The second-order valence-corrected chi connectivity index (χ2v) is 11.0. The first-order valence-electron chi connectivity index (χ1n) is 13.0. The molecule has 4 aliphatic rings. The van der Waals surface area contributed by atoms with E-state index in [0.29, 0.717) is 30.7 Å². The van der Waals surface area contributed by atoms with Gasteiger partial charge in [-0.2, -0.15) is 0 Å². The summed E-state index contributed by atoms with van der Waals surface area (Å²) in [5.41, 5.74) is 6.66. The first-order valence-corrected chi connectivity index (χ1v) is 13.0. The third kappa shape index (κ3) is 3.48. The Morgan fingerprint density at radius 3 is 2.37 bits per heavy atom. The minimum atomic E-state index is -0.480. The normalized spacial score (nSPS) is 26.7. The second kappa shape index (κ2) is 8.21. The highest BCUT2D eigenvalue weighted by atomic mass is 16.2. The van der Waals surface area contributed by atoms with Gasteiger partial charge in [-0.3, -0.25) is 18.7 Å². The quantitative estimate of drug-likeness (QED) is 0.541. The number of carbonyl (C=O) groups is 1. The molecule has 2 N–H and O–H groups in total. The first kappa shape index (κ1) is 22.3. The largest absolute Gasteiger partial charge is 0.370 e. The molecule has 0 radical (unpaired) electrons. The predicted molar refractivity (Wildman–Crippen MR) is 133 cm³/mol. The second-order valence-electron chi connectivity index (χ2n) is 11.0. The summed E-state index contributed by atoms with van der Waals surface area (Å²) in [5, 5.41) is 0. The average Bonchev–Trinajstić information content (AvgIpc) is 3.43. The lowest BCUT2D eigenvalue weighted by Crippen LogP contribution is -2.41. The number of imidazole rings is 1. The molecule has 1 amide bonds. The maximum atomic E-state index is 13.8. The van der Waals surface area contributed by atoms with Gasteiger partial charge in [0.1, 0.15) is 5.82 Å². The first-order chi connectivity index (χ1) is 16.9. The van der Waals surface area contributed by atoms with Crippen LogP contribution >= 0.6 is 0 Å². The number of hydrogen-bond donors (Lipinski definition) is 1. The van der Waals surface area contributed by atoms with E-state index in [0.717, 1.165) is 48.4 Å². The number of amides is 1. The van der Waals surface area contributed by atoms with E-state index in [9.17, 15) is 14.4 Å². The molecule has 4 saturated carbocycles. The van der Waals surface area contributed by atoms with E-state index >= 15 is 0 Å². The number of carbonyl (C=O) groups excluding carboxylic acids is 1. The van der Waals surface area contributed by atoms with Crippen LogP contribution in [0.5, 0.6) is 0 Å². The van der Waals surface area contributed by atoms with Crippen molar-refractivity contribution >= 4 is 17.1 Å². The Labute approximate surface area is 203 Å². The number of aryl methyl sites for hydroxylation is 1. The van der Waals surface area contributed by atoms with Crippen LogP contribution in [0.3, 0.4) is 0 Å². The van der Waals surface area contributed by atoms with Gasteiger partial charge in [0.15, 0.2) is 11.2 Å². The third-order valence-electron chi connectivity index (χ3n) is 8.73. The molecule has 2 heterocycles. The zero-order chi connectivity index (χ0) is 24.3. The number of aromatic nitrogens is 4. The number of nitrogens with zero attached hydrogens (tertiary/aromatic N) is 4. The smallest absolute Gasteiger partial charge is 0.332 e. The Hall–Kier alpha value is -3.16. The fourth-order valence-corrected chi connectivity index (χ4v) is 7.54. The van der Waals surface area contributed by atoms with Gasteiger partial charge < -0.3 is 10.3 Å². The average molecular weight is 476 g/mol. The van der Waals surface area contributed by atoms with Crippen LogP contribution in [0.2, 0.25) is 0 Å². The zero-order valence-electron chi connectivity index (χ0n) is 20.3. The van der Waals surface area contributed by atoms with Crippen molar-refractivity contribution in [3.63, 3.8) is 0 Å². The number of benzene rings is 1. The van der Waals surface area contributed by atoms with Crippen molar-refractivity contribution < 1.29 is 4.79 Å². The Balaban J connectivity index is 1.62. The van der Waals surface area contributed by atoms with Crippen molar-refractivity contribution in [3.8, 4) is 0 Å². The van der Waals surface area contributed by atoms with Crippen LogP contribution in [-0.4, -0.2) is 24.6 Å². The van der Waals surface area contributed by atoms with Gasteiger partial charge >= 0.3 is 5.69 Å². The zero-order valence-corrected chi connectivity index (χ0v) is 20.3. The summed E-state index contributed by atoms with van der Waals surface area (Å²) in [6, 6.07) is 10.1. The molecule has 4 aliphatic carbocycles. The lowest BCUT2D eigenvalue weighted by Gasteiger charge is -2.38. The molecule has 0 spiro atoms. The maximum Gasteiger partial charge on any atom is 0.332 e. The Kier molecular flexibility index (Phi) is 5.23. The molecule has 8 nitrogen and oxygen atoms in total. The van der Waals surface area contributed by atoms with E-state index in [1.54, 1.807) is 0 Å². The molecule has 2 unspecified atom stereocenters. The van der Waals surface area contributed by atoms with Crippen molar-refractivity contribution in [2.24, 2.45) is 23.5 Å². The van der Waals surface area contributed by atoms with Crippen molar-refractivity contribution in [1.82, 2.24) is 18.7 Å². The standard InChI is InChI=1S/C27H33N5O3/c1-2-9-31-24(34)22-23(30(26(31)35)10-8-21(28)33)29-25(32(22)16-17-6-4-3-5-7-17)27-13-18-11-19(14-27)20(12-18)15-27/h3-7,18-20H,2,8-16H2,1H3,(H2,28,33).